The monoisotopic (exact) mass is 343 g/mol. The molecule has 0 unspecified atom stereocenters. The molecule has 0 radical (unpaired) electrons. The average molecular weight is 343 g/mol. The molecule has 1 aliphatic carbocycles. The van der Waals surface area contributed by atoms with E-state index in [1.54, 1.807) is 0 Å². The van der Waals surface area contributed by atoms with Gasteiger partial charge >= 0.3 is 12.1 Å². The zero-order valence-corrected chi connectivity index (χ0v) is 13.4. The van der Waals surface area contributed by atoms with Crippen molar-refractivity contribution >= 4 is 11.9 Å². The number of esters is 1. The van der Waals surface area contributed by atoms with E-state index in [1.165, 1.54) is 6.07 Å². The molecule has 0 spiro atoms. The number of amides is 1. The van der Waals surface area contributed by atoms with Crippen LogP contribution in [0.1, 0.15) is 48.5 Å². The van der Waals surface area contributed by atoms with Gasteiger partial charge in [-0.05, 0) is 37.0 Å². The number of hydrogen-bond acceptors (Lipinski definition) is 3. The van der Waals surface area contributed by atoms with Crippen LogP contribution in [0.15, 0.2) is 24.3 Å². The molecule has 1 aromatic rings. The summed E-state index contributed by atoms with van der Waals surface area (Å²) in [5.74, 6) is -1.02. The minimum atomic E-state index is -4.54. The van der Waals surface area contributed by atoms with Crippen molar-refractivity contribution in [3.8, 4) is 0 Å². The van der Waals surface area contributed by atoms with Crippen molar-refractivity contribution in [3.05, 3.63) is 35.4 Å². The topological polar surface area (TPSA) is 55.4 Å². The minimum absolute atomic E-state index is 0.0542. The first-order chi connectivity index (χ1) is 11.3. The second-order valence-corrected chi connectivity index (χ2v) is 6.09. The average Bonchev–Trinajstić information content (AvgIpc) is 2.54. The molecular formula is C17H20F3NO3. The van der Waals surface area contributed by atoms with Crippen LogP contribution in [-0.4, -0.2) is 24.5 Å². The van der Waals surface area contributed by atoms with Crippen LogP contribution >= 0.6 is 0 Å². The standard InChI is InChI=1S/C17H20F3NO3/c1-11-5-2-3-8-14(11)21-15(22)10-24-16(23)12-6-4-7-13(9-12)17(18,19)20/h4,6-7,9,11,14H,2-3,5,8,10H2,1H3,(H,21,22)/t11-,14-/m0/s1. The van der Waals surface area contributed by atoms with Crippen LogP contribution in [0.3, 0.4) is 0 Å². The number of rotatable bonds is 4. The van der Waals surface area contributed by atoms with Crippen molar-refractivity contribution in [1.82, 2.24) is 5.32 Å². The van der Waals surface area contributed by atoms with E-state index in [0.717, 1.165) is 37.8 Å². The second kappa shape index (κ2) is 7.68. The molecule has 0 bridgehead atoms. The first-order valence-corrected chi connectivity index (χ1v) is 7.91. The molecule has 0 saturated heterocycles. The number of halogens is 3. The third kappa shape index (κ3) is 4.97. The lowest BCUT2D eigenvalue weighted by molar-refractivity contribution is -0.137. The Labute approximate surface area is 138 Å². The van der Waals surface area contributed by atoms with Crippen molar-refractivity contribution in [3.63, 3.8) is 0 Å². The molecule has 4 nitrogen and oxygen atoms in total. The summed E-state index contributed by atoms with van der Waals surface area (Å²) in [5.41, 5.74) is -1.17. The van der Waals surface area contributed by atoms with Crippen molar-refractivity contribution in [2.45, 2.75) is 44.8 Å². The molecule has 7 heteroatoms. The number of benzene rings is 1. The summed E-state index contributed by atoms with van der Waals surface area (Å²) >= 11 is 0. The summed E-state index contributed by atoms with van der Waals surface area (Å²) in [7, 11) is 0. The summed E-state index contributed by atoms with van der Waals surface area (Å²) in [4.78, 5) is 23.7. The lowest BCUT2D eigenvalue weighted by Crippen LogP contribution is -2.42. The predicted octanol–water partition coefficient (Wildman–Crippen LogP) is 3.56. The third-order valence-corrected chi connectivity index (χ3v) is 4.22. The Morgan fingerprint density at radius 1 is 1.25 bits per heavy atom. The van der Waals surface area contributed by atoms with Gasteiger partial charge in [-0.25, -0.2) is 4.79 Å². The highest BCUT2D eigenvalue weighted by molar-refractivity contribution is 5.91. The summed E-state index contributed by atoms with van der Waals surface area (Å²) in [6.07, 6.45) is -0.439. The first kappa shape index (κ1) is 18.3. The lowest BCUT2D eigenvalue weighted by Gasteiger charge is -2.29. The van der Waals surface area contributed by atoms with Gasteiger partial charge in [-0.3, -0.25) is 4.79 Å². The Bertz CT molecular complexity index is 601. The maximum absolute atomic E-state index is 12.6. The number of nitrogens with one attached hydrogen (secondary N) is 1. The van der Waals surface area contributed by atoms with E-state index >= 15 is 0 Å². The fourth-order valence-electron chi connectivity index (χ4n) is 2.82. The van der Waals surface area contributed by atoms with Gasteiger partial charge in [-0.2, -0.15) is 13.2 Å². The molecule has 1 saturated carbocycles. The summed E-state index contributed by atoms with van der Waals surface area (Å²) in [6, 6.07) is 3.98. The molecule has 0 aromatic heterocycles. The van der Waals surface area contributed by atoms with Crippen LogP contribution in [-0.2, 0) is 15.7 Å². The van der Waals surface area contributed by atoms with Crippen LogP contribution in [0.5, 0.6) is 0 Å². The number of alkyl halides is 3. The Kier molecular flexibility index (Phi) is 5.85. The van der Waals surface area contributed by atoms with Crippen LogP contribution in [0.2, 0.25) is 0 Å². The van der Waals surface area contributed by atoms with Gasteiger partial charge < -0.3 is 10.1 Å². The maximum Gasteiger partial charge on any atom is 0.416 e. The summed E-state index contributed by atoms with van der Waals surface area (Å²) < 4.78 is 42.7. The lowest BCUT2D eigenvalue weighted by atomic mass is 9.86. The van der Waals surface area contributed by atoms with Gasteiger partial charge in [0, 0.05) is 6.04 Å². The van der Waals surface area contributed by atoms with Gasteiger partial charge in [0.05, 0.1) is 11.1 Å². The Morgan fingerprint density at radius 2 is 1.96 bits per heavy atom. The van der Waals surface area contributed by atoms with Crippen LogP contribution in [0.4, 0.5) is 13.2 Å². The van der Waals surface area contributed by atoms with Gasteiger partial charge in [0.2, 0.25) is 0 Å². The number of hydrogen-bond donors (Lipinski definition) is 1. The Morgan fingerprint density at radius 3 is 2.62 bits per heavy atom. The van der Waals surface area contributed by atoms with Gasteiger partial charge in [0.25, 0.3) is 5.91 Å². The smallest absolute Gasteiger partial charge is 0.416 e. The molecule has 24 heavy (non-hydrogen) atoms. The normalized spacial score (nSPS) is 21.2. The third-order valence-electron chi connectivity index (χ3n) is 4.22. The SMILES string of the molecule is C[C@H]1CCCC[C@@H]1NC(=O)COC(=O)c1cccc(C(F)(F)F)c1. The van der Waals surface area contributed by atoms with Gasteiger partial charge in [0.15, 0.2) is 6.61 Å². The van der Waals surface area contributed by atoms with Crippen LogP contribution < -0.4 is 5.32 Å². The van der Waals surface area contributed by atoms with E-state index in [0.29, 0.717) is 12.0 Å². The fraction of sp³-hybridized carbons (Fsp3) is 0.529. The highest BCUT2D eigenvalue weighted by Crippen LogP contribution is 2.29. The number of carbonyl (C=O) groups is 2. The number of carbonyl (C=O) groups excluding carboxylic acids is 2. The summed E-state index contributed by atoms with van der Waals surface area (Å²) in [6.45, 7) is 1.55. The van der Waals surface area contributed by atoms with Crippen LogP contribution in [0, 0.1) is 5.92 Å². The Hall–Kier alpha value is -2.05. The molecule has 2 atom stereocenters. The molecule has 2 rings (SSSR count). The number of ether oxygens (including phenoxy) is 1. The molecule has 1 aliphatic rings. The molecule has 1 N–H and O–H groups in total. The molecular weight excluding hydrogens is 323 g/mol. The molecule has 132 valence electrons. The minimum Gasteiger partial charge on any atom is -0.452 e. The quantitative estimate of drug-likeness (QED) is 0.851. The predicted molar refractivity (Wildman–Crippen MR) is 81.3 cm³/mol. The zero-order chi connectivity index (χ0) is 17.7. The zero-order valence-electron chi connectivity index (χ0n) is 13.4. The molecule has 0 heterocycles. The summed E-state index contributed by atoms with van der Waals surface area (Å²) in [5, 5.41) is 2.81. The molecule has 1 fully saturated rings. The van der Waals surface area contributed by atoms with E-state index < -0.39 is 30.2 Å². The van der Waals surface area contributed by atoms with Crippen LogP contribution in [0.25, 0.3) is 0 Å². The van der Waals surface area contributed by atoms with Gasteiger partial charge in [-0.1, -0.05) is 25.8 Å². The maximum atomic E-state index is 12.6. The largest absolute Gasteiger partial charge is 0.452 e. The van der Waals surface area contributed by atoms with E-state index in [4.69, 9.17) is 4.74 Å². The van der Waals surface area contributed by atoms with Gasteiger partial charge in [-0.15, -0.1) is 0 Å². The Balaban J connectivity index is 1.87. The molecule has 1 aromatic carbocycles. The van der Waals surface area contributed by atoms with E-state index in [1.807, 2.05) is 0 Å². The highest BCUT2D eigenvalue weighted by atomic mass is 19.4. The van der Waals surface area contributed by atoms with Gasteiger partial charge in [0.1, 0.15) is 0 Å². The van der Waals surface area contributed by atoms with E-state index in [2.05, 4.69) is 12.2 Å². The molecule has 0 aliphatic heterocycles. The van der Waals surface area contributed by atoms with Crippen molar-refractivity contribution in [2.24, 2.45) is 5.92 Å². The fourth-order valence-corrected chi connectivity index (χ4v) is 2.82. The highest BCUT2D eigenvalue weighted by Gasteiger charge is 2.31. The van der Waals surface area contributed by atoms with E-state index in [-0.39, 0.29) is 11.6 Å². The van der Waals surface area contributed by atoms with Crippen molar-refractivity contribution in [2.75, 3.05) is 6.61 Å². The molecule has 1 amide bonds. The second-order valence-electron chi connectivity index (χ2n) is 6.09. The van der Waals surface area contributed by atoms with Crippen molar-refractivity contribution < 1.29 is 27.5 Å². The van der Waals surface area contributed by atoms with Crippen molar-refractivity contribution in [1.29, 1.82) is 0 Å². The first-order valence-electron chi connectivity index (χ1n) is 7.91. The van der Waals surface area contributed by atoms with E-state index in [9.17, 15) is 22.8 Å².